The van der Waals surface area contributed by atoms with Gasteiger partial charge in [0.15, 0.2) is 10.8 Å². The van der Waals surface area contributed by atoms with Gasteiger partial charge < -0.3 is 15.7 Å². The van der Waals surface area contributed by atoms with Crippen molar-refractivity contribution in [3.05, 3.63) is 23.3 Å². The first-order chi connectivity index (χ1) is 8.99. The number of thiazole rings is 1. The minimum absolute atomic E-state index is 0.0126. The highest BCUT2D eigenvalue weighted by Gasteiger charge is 2.16. The second kappa shape index (κ2) is 5.11. The molecule has 7 nitrogen and oxygen atoms in total. The number of anilines is 1. The van der Waals surface area contributed by atoms with Crippen LogP contribution in [0.1, 0.15) is 5.69 Å². The maximum atomic E-state index is 11.0. The summed E-state index contributed by atoms with van der Waals surface area (Å²) in [5.41, 5.74) is 5.75. The number of likely N-dealkylation sites (N-methyl/N-ethyl adjacent to an activating group) is 1. The lowest BCUT2D eigenvalue weighted by Crippen LogP contribution is -2.31. The normalized spacial score (nSPS) is 11.2. The molecule has 3 N–H and O–H groups in total. The second-order valence-corrected chi connectivity index (χ2v) is 4.74. The van der Waals surface area contributed by atoms with Crippen molar-refractivity contribution in [1.29, 1.82) is 0 Å². The number of hydrogen-bond donors (Lipinski definition) is 2. The Morgan fingerprint density at radius 1 is 1.63 bits per heavy atom. The predicted molar refractivity (Wildman–Crippen MR) is 72.2 cm³/mol. The fourth-order valence-electron chi connectivity index (χ4n) is 1.69. The van der Waals surface area contributed by atoms with Gasteiger partial charge in [-0.1, -0.05) is 0 Å². The lowest BCUT2D eigenvalue weighted by Gasteiger charge is -2.14. The number of carboxylic acid groups (broad SMARTS) is 1. The van der Waals surface area contributed by atoms with Crippen molar-refractivity contribution in [2.45, 2.75) is 0 Å². The Bertz CT molecular complexity index is 658. The molecule has 8 heteroatoms. The van der Waals surface area contributed by atoms with E-state index in [-0.39, 0.29) is 6.54 Å². The lowest BCUT2D eigenvalue weighted by atomic mass is 10.3. The van der Waals surface area contributed by atoms with Crippen LogP contribution < -0.4 is 10.6 Å². The Morgan fingerprint density at radius 2 is 2.37 bits per heavy atom. The van der Waals surface area contributed by atoms with Crippen LogP contribution in [-0.2, 0) is 9.59 Å². The zero-order valence-electron chi connectivity index (χ0n) is 10.1. The molecule has 2 aromatic rings. The number of rotatable bonds is 5. The molecule has 100 valence electrons. The fourth-order valence-corrected chi connectivity index (χ4v) is 2.40. The van der Waals surface area contributed by atoms with Crippen LogP contribution in [0.25, 0.3) is 11.0 Å². The summed E-state index contributed by atoms with van der Waals surface area (Å²) in [5.74, 6) is -1.01. The standard InChI is InChI=1S/C11H12N4O3S/c1-14(6-8(12)16)10-7(2-3-9(17)18)15-4-5-19-11(15)13-10/h2-5H,6H2,1H3,(H2,12,16)(H,17,18)/b3-2+. The maximum absolute atomic E-state index is 11.0. The predicted octanol–water partition coefficient (Wildman–Crippen LogP) is 0.415. The summed E-state index contributed by atoms with van der Waals surface area (Å²) < 4.78 is 1.76. The minimum Gasteiger partial charge on any atom is -0.478 e. The lowest BCUT2D eigenvalue weighted by molar-refractivity contribution is -0.131. The van der Waals surface area contributed by atoms with Crippen LogP contribution in [0, 0.1) is 0 Å². The van der Waals surface area contributed by atoms with Crippen LogP contribution in [0.2, 0.25) is 0 Å². The van der Waals surface area contributed by atoms with Gasteiger partial charge in [0, 0.05) is 24.7 Å². The quantitative estimate of drug-likeness (QED) is 0.773. The van der Waals surface area contributed by atoms with E-state index in [4.69, 9.17) is 10.8 Å². The van der Waals surface area contributed by atoms with Gasteiger partial charge in [-0.05, 0) is 6.08 Å². The molecule has 0 saturated heterocycles. The number of nitrogens with zero attached hydrogens (tertiary/aromatic N) is 3. The maximum Gasteiger partial charge on any atom is 0.328 e. The summed E-state index contributed by atoms with van der Waals surface area (Å²) >= 11 is 1.42. The van der Waals surface area contributed by atoms with Crippen molar-refractivity contribution in [3.8, 4) is 0 Å². The largest absolute Gasteiger partial charge is 0.478 e. The number of primary amides is 1. The van der Waals surface area contributed by atoms with E-state index >= 15 is 0 Å². The summed E-state index contributed by atoms with van der Waals surface area (Å²) in [5, 5.41) is 10.6. The number of aromatic nitrogens is 2. The van der Waals surface area contributed by atoms with Gasteiger partial charge in [-0.25, -0.2) is 9.78 Å². The number of fused-ring (bicyclic) bond motifs is 1. The molecule has 19 heavy (non-hydrogen) atoms. The zero-order valence-corrected chi connectivity index (χ0v) is 10.9. The van der Waals surface area contributed by atoms with Crippen molar-refractivity contribution in [2.24, 2.45) is 5.73 Å². The van der Waals surface area contributed by atoms with Crippen LogP contribution in [0.5, 0.6) is 0 Å². The van der Waals surface area contributed by atoms with Crippen molar-refractivity contribution < 1.29 is 14.7 Å². The Hall–Kier alpha value is -2.35. The number of aliphatic carboxylic acids is 1. The number of hydrogen-bond acceptors (Lipinski definition) is 5. The Morgan fingerprint density at radius 3 is 3.00 bits per heavy atom. The number of carbonyl (C=O) groups is 2. The highest BCUT2D eigenvalue weighted by Crippen LogP contribution is 2.24. The number of amides is 1. The second-order valence-electron chi connectivity index (χ2n) is 3.87. The third-order valence-electron chi connectivity index (χ3n) is 2.42. The molecule has 2 rings (SSSR count). The first-order valence-corrected chi connectivity index (χ1v) is 6.23. The molecule has 0 radical (unpaired) electrons. The number of carboxylic acids is 1. The molecule has 0 atom stereocenters. The third kappa shape index (κ3) is 2.74. The molecule has 0 aromatic carbocycles. The van der Waals surface area contributed by atoms with Gasteiger partial charge in [0.25, 0.3) is 0 Å². The van der Waals surface area contributed by atoms with Crippen molar-refractivity contribution in [1.82, 2.24) is 9.38 Å². The van der Waals surface area contributed by atoms with E-state index in [2.05, 4.69) is 4.98 Å². The van der Waals surface area contributed by atoms with Crippen LogP contribution >= 0.6 is 11.3 Å². The van der Waals surface area contributed by atoms with E-state index < -0.39 is 11.9 Å². The Kier molecular flexibility index (Phi) is 3.52. The first-order valence-electron chi connectivity index (χ1n) is 5.35. The first kappa shape index (κ1) is 13.1. The highest BCUT2D eigenvalue weighted by molar-refractivity contribution is 7.15. The topological polar surface area (TPSA) is 101 Å². The Balaban J connectivity index is 2.47. The van der Waals surface area contributed by atoms with Gasteiger partial charge >= 0.3 is 5.97 Å². The molecule has 0 unspecified atom stereocenters. The van der Waals surface area contributed by atoms with E-state index in [9.17, 15) is 9.59 Å². The highest BCUT2D eigenvalue weighted by atomic mass is 32.1. The van der Waals surface area contributed by atoms with Gasteiger partial charge in [0.2, 0.25) is 5.91 Å². The average Bonchev–Trinajstić information content (AvgIpc) is 2.84. The van der Waals surface area contributed by atoms with Crippen molar-refractivity contribution in [2.75, 3.05) is 18.5 Å². The van der Waals surface area contributed by atoms with Gasteiger partial charge in [-0.3, -0.25) is 9.20 Å². The average molecular weight is 280 g/mol. The van der Waals surface area contributed by atoms with Gasteiger partial charge in [-0.2, -0.15) is 0 Å². The third-order valence-corrected chi connectivity index (χ3v) is 3.17. The van der Waals surface area contributed by atoms with Gasteiger partial charge in [-0.15, -0.1) is 11.3 Å². The monoisotopic (exact) mass is 280 g/mol. The summed E-state index contributed by atoms with van der Waals surface area (Å²) in [6.45, 7) is 0.0126. The van der Waals surface area contributed by atoms with E-state index in [1.165, 1.54) is 17.4 Å². The molecule has 1 amide bonds. The molecule has 0 saturated carbocycles. The molecular weight excluding hydrogens is 268 g/mol. The van der Waals surface area contributed by atoms with Gasteiger partial charge in [0.05, 0.1) is 12.2 Å². The summed E-state index contributed by atoms with van der Waals surface area (Å²) in [4.78, 5) is 28.2. The number of nitrogens with two attached hydrogens (primary N) is 1. The van der Waals surface area contributed by atoms with Gasteiger partial charge in [0.1, 0.15) is 0 Å². The molecule has 0 fully saturated rings. The van der Waals surface area contributed by atoms with Crippen LogP contribution in [-0.4, -0.2) is 40.0 Å². The van der Waals surface area contributed by atoms with Crippen LogP contribution in [0.15, 0.2) is 17.7 Å². The van der Waals surface area contributed by atoms with E-state index in [0.717, 1.165) is 11.0 Å². The van der Waals surface area contributed by atoms with E-state index in [0.29, 0.717) is 11.5 Å². The molecule has 0 bridgehead atoms. The molecule has 2 aromatic heterocycles. The molecule has 0 aliphatic heterocycles. The van der Waals surface area contributed by atoms with E-state index in [1.54, 1.807) is 22.5 Å². The number of imidazole rings is 1. The summed E-state index contributed by atoms with van der Waals surface area (Å²) in [6, 6.07) is 0. The van der Waals surface area contributed by atoms with Crippen molar-refractivity contribution in [3.63, 3.8) is 0 Å². The molecular formula is C11H12N4O3S. The van der Waals surface area contributed by atoms with Crippen molar-refractivity contribution >= 4 is 40.1 Å². The Labute approximate surface area is 112 Å². The zero-order chi connectivity index (χ0) is 14.0. The molecule has 0 aliphatic carbocycles. The summed E-state index contributed by atoms with van der Waals surface area (Å²) in [7, 11) is 1.68. The molecule has 2 heterocycles. The van der Waals surface area contributed by atoms with E-state index in [1.807, 2.05) is 5.38 Å². The minimum atomic E-state index is -1.05. The SMILES string of the molecule is CN(CC(N)=O)c1nc2sccn2c1/C=C/C(=O)O. The molecule has 0 aliphatic rings. The van der Waals surface area contributed by atoms with Crippen LogP contribution in [0.4, 0.5) is 5.82 Å². The molecule has 0 spiro atoms. The smallest absolute Gasteiger partial charge is 0.328 e. The van der Waals surface area contributed by atoms with Crippen LogP contribution in [0.3, 0.4) is 0 Å². The summed E-state index contributed by atoms with van der Waals surface area (Å²) in [6.07, 6.45) is 4.26. The fraction of sp³-hybridized carbons (Fsp3) is 0.182. The number of carbonyl (C=O) groups excluding carboxylic acids is 1.